The molecule has 0 bridgehead atoms. The zero-order valence-electron chi connectivity index (χ0n) is 19.3. The summed E-state index contributed by atoms with van der Waals surface area (Å²) in [5, 5.41) is 5.78. The minimum Gasteiger partial charge on any atom is -0.484 e. The van der Waals surface area contributed by atoms with Gasteiger partial charge in [0.2, 0.25) is 6.79 Å². The van der Waals surface area contributed by atoms with E-state index in [1.807, 2.05) is 36.4 Å². The fourth-order valence-corrected chi connectivity index (χ4v) is 3.68. The lowest BCUT2D eigenvalue weighted by atomic mass is 10.1. The van der Waals surface area contributed by atoms with Crippen LogP contribution in [0.25, 0.3) is 0 Å². The molecule has 0 saturated heterocycles. The lowest BCUT2D eigenvalue weighted by Crippen LogP contribution is -2.34. The highest BCUT2D eigenvalue weighted by Crippen LogP contribution is 2.32. The van der Waals surface area contributed by atoms with E-state index < -0.39 is 0 Å². The molecule has 2 N–H and O–H groups in total. The fraction of sp³-hybridized carbons (Fsp3) is 0.143. The van der Waals surface area contributed by atoms with Crippen molar-refractivity contribution in [3.63, 3.8) is 0 Å². The second-order valence-corrected chi connectivity index (χ2v) is 8.13. The number of fused-ring (bicyclic) bond motifs is 1. The third kappa shape index (κ3) is 5.85. The van der Waals surface area contributed by atoms with E-state index in [0.717, 1.165) is 0 Å². The topological polar surface area (TPSA) is 95.1 Å². The molecule has 1 atom stereocenters. The summed E-state index contributed by atoms with van der Waals surface area (Å²) in [7, 11) is 0. The molecule has 3 aromatic carbocycles. The van der Waals surface area contributed by atoms with Crippen LogP contribution in [0.4, 0.5) is 5.69 Å². The molecule has 0 spiro atoms. The number of ether oxygens (including phenoxy) is 4. The van der Waals surface area contributed by atoms with Gasteiger partial charge in [0.15, 0.2) is 18.1 Å². The number of benzene rings is 3. The molecule has 8 heteroatoms. The SMILES string of the molecule is O=C(COc1ccccc1)Nc1ccc(OC2=CCC(NC(=O)c3ccc4c(c3)OCO4)C=C2)cc1. The van der Waals surface area contributed by atoms with Crippen molar-refractivity contribution in [1.82, 2.24) is 5.32 Å². The maximum atomic E-state index is 12.6. The van der Waals surface area contributed by atoms with E-state index in [1.54, 1.807) is 54.6 Å². The molecular weight excluding hydrogens is 460 g/mol. The van der Waals surface area contributed by atoms with Gasteiger partial charge in [-0.1, -0.05) is 24.3 Å². The van der Waals surface area contributed by atoms with Gasteiger partial charge in [-0.2, -0.15) is 0 Å². The number of carbonyl (C=O) groups is 2. The second kappa shape index (κ2) is 10.7. The van der Waals surface area contributed by atoms with Crippen LogP contribution >= 0.6 is 0 Å². The highest BCUT2D eigenvalue weighted by atomic mass is 16.7. The van der Waals surface area contributed by atoms with Gasteiger partial charge in [0.05, 0.1) is 6.04 Å². The zero-order chi connectivity index (χ0) is 24.7. The Morgan fingerprint density at radius 3 is 2.50 bits per heavy atom. The molecular formula is C28H24N2O6. The monoisotopic (exact) mass is 484 g/mol. The van der Waals surface area contributed by atoms with Crippen LogP contribution < -0.4 is 29.6 Å². The quantitative estimate of drug-likeness (QED) is 0.491. The molecule has 3 aromatic rings. The van der Waals surface area contributed by atoms with Crippen LogP contribution in [0.5, 0.6) is 23.0 Å². The van der Waals surface area contributed by atoms with Gasteiger partial charge < -0.3 is 29.6 Å². The Bertz CT molecular complexity index is 1300. The minimum absolute atomic E-state index is 0.0771. The van der Waals surface area contributed by atoms with Crippen LogP contribution in [0.2, 0.25) is 0 Å². The summed E-state index contributed by atoms with van der Waals surface area (Å²) in [4.78, 5) is 24.7. The van der Waals surface area contributed by atoms with E-state index in [4.69, 9.17) is 18.9 Å². The summed E-state index contributed by atoms with van der Waals surface area (Å²) < 4.78 is 22.0. The first-order chi connectivity index (χ1) is 17.6. The zero-order valence-corrected chi connectivity index (χ0v) is 19.3. The third-order valence-corrected chi connectivity index (χ3v) is 5.50. The lowest BCUT2D eigenvalue weighted by molar-refractivity contribution is -0.118. The second-order valence-electron chi connectivity index (χ2n) is 8.13. The van der Waals surface area contributed by atoms with Crippen LogP contribution in [0, 0.1) is 0 Å². The number of carbonyl (C=O) groups excluding carboxylic acids is 2. The van der Waals surface area contributed by atoms with Gasteiger partial charge in [-0.15, -0.1) is 0 Å². The summed E-state index contributed by atoms with van der Waals surface area (Å²) in [5.41, 5.74) is 1.15. The highest BCUT2D eigenvalue weighted by molar-refractivity contribution is 5.95. The Balaban J connectivity index is 1.07. The van der Waals surface area contributed by atoms with Gasteiger partial charge >= 0.3 is 0 Å². The van der Waals surface area contributed by atoms with Crippen molar-refractivity contribution in [3.8, 4) is 23.0 Å². The van der Waals surface area contributed by atoms with Crippen molar-refractivity contribution in [3.05, 3.63) is 102 Å². The van der Waals surface area contributed by atoms with E-state index in [9.17, 15) is 9.59 Å². The molecule has 1 unspecified atom stereocenters. The molecule has 0 saturated carbocycles. The third-order valence-electron chi connectivity index (χ3n) is 5.50. The van der Waals surface area contributed by atoms with E-state index in [1.165, 1.54) is 0 Å². The van der Waals surface area contributed by atoms with Crippen molar-refractivity contribution >= 4 is 17.5 Å². The average Bonchev–Trinajstić information content (AvgIpc) is 3.38. The van der Waals surface area contributed by atoms with E-state index in [0.29, 0.717) is 46.4 Å². The van der Waals surface area contributed by atoms with Gasteiger partial charge in [-0.25, -0.2) is 0 Å². The van der Waals surface area contributed by atoms with Gasteiger partial charge in [0, 0.05) is 11.3 Å². The lowest BCUT2D eigenvalue weighted by Gasteiger charge is -2.18. The fourth-order valence-electron chi connectivity index (χ4n) is 3.68. The Morgan fingerprint density at radius 2 is 1.72 bits per heavy atom. The Kier molecular flexibility index (Phi) is 6.84. The number of nitrogens with one attached hydrogen (secondary N) is 2. The number of para-hydroxylation sites is 1. The van der Waals surface area contributed by atoms with Gasteiger partial charge in [-0.05, 0) is 73.2 Å². The Labute approximate surface area is 208 Å². The first-order valence-corrected chi connectivity index (χ1v) is 11.5. The van der Waals surface area contributed by atoms with Crippen molar-refractivity contribution < 1.29 is 28.5 Å². The summed E-state index contributed by atoms with van der Waals surface area (Å²) in [6.45, 7) is 0.0900. The molecule has 2 amide bonds. The number of allylic oxidation sites excluding steroid dienone is 1. The summed E-state index contributed by atoms with van der Waals surface area (Å²) in [6, 6.07) is 21.2. The van der Waals surface area contributed by atoms with Crippen LogP contribution in [0.1, 0.15) is 16.8 Å². The van der Waals surface area contributed by atoms with E-state index >= 15 is 0 Å². The first kappa shape index (κ1) is 23.0. The highest BCUT2D eigenvalue weighted by Gasteiger charge is 2.18. The maximum absolute atomic E-state index is 12.6. The number of hydrogen-bond acceptors (Lipinski definition) is 6. The van der Waals surface area contributed by atoms with E-state index in [-0.39, 0.29) is 31.3 Å². The molecule has 36 heavy (non-hydrogen) atoms. The van der Waals surface area contributed by atoms with Crippen molar-refractivity contribution in [2.75, 3.05) is 18.7 Å². The molecule has 1 aliphatic carbocycles. The molecule has 2 aliphatic rings. The molecule has 182 valence electrons. The number of anilines is 1. The van der Waals surface area contributed by atoms with Crippen molar-refractivity contribution in [2.45, 2.75) is 12.5 Å². The van der Waals surface area contributed by atoms with Crippen LogP contribution in [0.15, 0.2) is 96.8 Å². The summed E-state index contributed by atoms with van der Waals surface area (Å²) in [6.07, 6.45) is 6.23. The van der Waals surface area contributed by atoms with E-state index in [2.05, 4.69) is 10.6 Å². The normalized spacial score (nSPS) is 15.6. The molecule has 0 fully saturated rings. The Morgan fingerprint density at radius 1 is 0.917 bits per heavy atom. The smallest absolute Gasteiger partial charge is 0.262 e. The van der Waals surface area contributed by atoms with Gasteiger partial charge in [-0.3, -0.25) is 9.59 Å². The molecule has 1 heterocycles. The summed E-state index contributed by atoms with van der Waals surface area (Å²) in [5.74, 6) is 2.72. The average molecular weight is 485 g/mol. The molecule has 0 aromatic heterocycles. The molecule has 8 nitrogen and oxygen atoms in total. The number of rotatable bonds is 8. The maximum Gasteiger partial charge on any atom is 0.262 e. The molecule has 0 radical (unpaired) electrons. The molecule has 5 rings (SSSR count). The van der Waals surface area contributed by atoms with Gasteiger partial charge in [0.25, 0.3) is 11.8 Å². The predicted molar refractivity (Wildman–Crippen MR) is 133 cm³/mol. The van der Waals surface area contributed by atoms with Crippen LogP contribution in [0.3, 0.4) is 0 Å². The standard InChI is InChI=1S/C28H24N2O6/c31-27(17-33-22-4-2-1-3-5-22)29-20-7-11-23(12-8-20)36-24-13-9-21(10-14-24)30-28(32)19-6-15-25-26(16-19)35-18-34-25/h1-9,11-16,21H,10,17-18H2,(H,29,31)(H,30,32). The van der Waals surface area contributed by atoms with Crippen molar-refractivity contribution in [2.24, 2.45) is 0 Å². The van der Waals surface area contributed by atoms with Crippen LogP contribution in [-0.2, 0) is 4.79 Å². The number of hydrogen-bond donors (Lipinski definition) is 2. The summed E-state index contributed by atoms with van der Waals surface area (Å²) >= 11 is 0. The Hall–Kier alpha value is -4.72. The minimum atomic E-state index is -0.251. The molecule has 1 aliphatic heterocycles. The number of amides is 2. The van der Waals surface area contributed by atoms with Crippen LogP contribution in [-0.4, -0.2) is 31.3 Å². The van der Waals surface area contributed by atoms with Crippen molar-refractivity contribution in [1.29, 1.82) is 0 Å². The van der Waals surface area contributed by atoms with Gasteiger partial charge in [0.1, 0.15) is 17.3 Å². The largest absolute Gasteiger partial charge is 0.484 e. The first-order valence-electron chi connectivity index (χ1n) is 11.5. The predicted octanol–water partition coefficient (Wildman–Crippen LogP) is 4.45.